The van der Waals surface area contributed by atoms with Crippen LogP contribution >= 0.6 is 0 Å². The number of aromatic nitrogens is 1. The zero-order valence-corrected chi connectivity index (χ0v) is 13.1. The van der Waals surface area contributed by atoms with Crippen molar-refractivity contribution in [3.63, 3.8) is 0 Å². The molecule has 2 N–H and O–H groups in total. The summed E-state index contributed by atoms with van der Waals surface area (Å²) >= 11 is 0. The Bertz CT molecular complexity index is 734. The highest BCUT2D eigenvalue weighted by Crippen LogP contribution is 2.34. The normalized spacial score (nSPS) is 12.5. The summed E-state index contributed by atoms with van der Waals surface area (Å²) in [5.41, 5.74) is 3.70. The van der Waals surface area contributed by atoms with Crippen LogP contribution in [-0.4, -0.2) is 25.7 Å². The summed E-state index contributed by atoms with van der Waals surface area (Å²) in [6.45, 7) is 0.979. The van der Waals surface area contributed by atoms with Gasteiger partial charge in [-0.2, -0.15) is 0 Å². The Kier molecular flexibility index (Phi) is 4.45. The third-order valence-electron chi connectivity index (χ3n) is 4.15. The summed E-state index contributed by atoms with van der Waals surface area (Å²) < 4.78 is 5.57. The summed E-state index contributed by atoms with van der Waals surface area (Å²) in [4.78, 5) is 3.25. The van der Waals surface area contributed by atoms with Crippen molar-refractivity contribution in [2.45, 2.75) is 12.3 Å². The van der Waals surface area contributed by atoms with Crippen molar-refractivity contribution in [3.05, 3.63) is 65.9 Å². The quantitative estimate of drug-likeness (QED) is 0.723. The van der Waals surface area contributed by atoms with E-state index in [0.717, 1.165) is 24.2 Å². The SMILES string of the molecule is CNCCC(c1ccccc1)c1cc(OC)c2[nH]ccc2c1. The maximum atomic E-state index is 5.57. The summed E-state index contributed by atoms with van der Waals surface area (Å²) in [7, 11) is 3.72. The monoisotopic (exact) mass is 294 g/mol. The molecule has 1 atom stereocenters. The maximum absolute atomic E-state index is 5.57. The van der Waals surface area contributed by atoms with Gasteiger partial charge >= 0.3 is 0 Å². The highest BCUT2D eigenvalue weighted by molar-refractivity contribution is 5.86. The Balaban J connectivity index is 2.07. The molecule has 0 saturated carbocycles. The van der Waals surface area contributed by atoms with Crippen molar-refractivity contribution in [3.8, 4) is 5.75 Å². The molecule has 114 valence electrons. The molecule has 0 aliphatic rings. The third kappa shape index (κ3) is 2.85. The second-order valence-electron chi connectivity index (χ2n) is 5.52. The second kappa shape index (κ2) is 6.67. The minimum atomic E-state index is 0.363. The predicted molar refractivity (Wildman–Crippen MR) is 91.7 cm³/mol. The molecule has 22 heavy (non-hydrogen) atoms. The molecule has 3 aromatic rings. The van der Waals surface area contributed by atoms with Crippen molar-refractivity contribution >= 4 is 10.9 Å². The van der Waals surface area contributed by atoms with Crippen LogP contribution in [0.5, 0.6) is 5.75 Å². The van der Waals surface area contributed by atoms with Crippen LogP contribution in [0.2, 0.25) is 0 Å². The van der Waals surface area contributed by atoms with Crippen molar-refractivity contribution < 1.29 is 4.74 Å². The fraction of sp³-hybridized carbons (Fsp3) is 0.263. The molecule has 1 unspecified atom stereocenters. The zero-order chi connectivity index (χ0) is 15.4. The van der Waals surface area contributed by atoms with Crippen LogP contribution in [0.1, 0.15) is 23.5 Å². The molecule has 0 aliphatic carbocycles. The highest BCUT2D eigenvalue weighted by Gasteiger charge is 2.16. The van der Waals surface area contributed by atoms with Gasteiger partial charge in [0.2, 0.25) is 0 Å². The summed E-state index contributed by atoms with van der Waals surface area (Å²) in [6, 6.07) is 17.2. The molecule has 0 aliphatic heterocycles. The van der Waals surface area contributed by atoms with Crippen molar-refractivity contribution in [1.29, 1.82) is 0 Å². The zero-order valence-electron chi connectivity index (χ0n) is 13.1. The number of methoxy groups -OCH3 is 1. The number of fused-ring (bicyclic) bond motifs is 1. The van der Waals surface area contributed by atoms with Gasteiger partial charge in [-0.05, 0) is 49.3 Å². The van der Waals surface area contributed by atoms with Gasteiger partial charge in [-0.3, -0.25) is 0 Å². The highest BCUT2D eigenvalue weighted by atomic mass is 16.5. The van der Waals surface area contributed by atoms with Crippen LogP contribution in [0.25, 0.3) is 10.9 Å². The Morgan fingerprint density at radius 1 is 1.09 bits per heavy atom. The van der Waals surface area contributed by atoms with Gasteiger partial charge in [0.15, 0.2) is 0 Å². The van der Waals surface area contributed by atoms with Crippen molar-refractivity contribution in [2.24, 2.45) is 0 Å². The smallest absolute Gasteiger partial charge is 0.143 e. The van der Waals surface area contributed by atoms with E-state index >= 15 is 0 Å². The standard InChI is InChI=1S/C19H22N2O/c1-20-10-9-17(14-6-4-3-5-7-14)16-12-15-8-11-21-19(15)18(13-16)22-2/h3-8,11-13,17,20-21H,9-10H2,1-2H3. The molecule has 0 bridgehead atoms. The number of ether oxygens (including phenoxy) is 1. The molecule has 0 spiro atoms. The lowest BCUT2D eigenvalue weighted by Crippen LogP contribution is -2.13. The summed E-state index contributed by atoms with van der Waals surface area (Å²) in [5.74, 6) is 1.27. The fourth-order valence-corrected chi connectivity index (χ4v) is 3.02. The molecule has 3 nitrogen and oxygen atoms in total. The van der Waals surface area contributed by atoms with E-state index in [4.69, 9.17) is 4.74 Å². The Labute approximate surface area is 131 Å². The van der Waals surface area contributed by atoms with Crippen LogP contribution in [0.4, 0.5) is 0 Å². The molecule has 0 fully saturated rings. The number of H-pyrrole nitrogens is 1. The lowest BCUT2D eigenvalue weighted by molar-refractivity contribution is 0.418. The first-order valence-electron chi connectivity index (χ1n) is 7.68. The molecular formula is C19H22N2O. The van der Waals surface area contributed by atoms with E-state index in [9.17, 15) is 0 Å². The van der Waals surface area contributed by atoms with Crippen LogP contribution in [0, 0.1) is 0 Å². The van der Waals surface area contributed by atoms with Gasteiger partial charge in [-0.25, -0.2) is 0 Å². The molecule has 1 heterocycles. The van der Waals surface area contributed by atoms with E-state index in [1.54, 1.807) is 7.11 Å². The first-order valence-corrected chi connectivity index (χ1v) is 7.68. The number of rotatable bonds is 6. The van der Waals surface area contributed by atoms with E-state index in [1.807, 2.05) is 13.2 Å². The molecule has 2 aromatic carbocycles. The van der Waals surface area contributed by atoms with Gasteiger partial charge in [-0.1, -0.05) is 30.3 Å². The first-order chi connectivity index (χ1) is 10.8. The van der Waals surface area contributed by atoms with Gasteiger partial charge in [0.1, 0.15) is 5.75 Å². The molecule has 3 heteroatoms. The number of benzene rings is 2. The van der Waals surface area contributed by atoms with E-state index in [0.29, 0.717) is 5.92 Å². The van der Waals surface area contributed by atoms with Crippen molar-refractivity contribution in [2.75, 3.05) is 20.7 Å². The van der Waals surface area contributed by atoms with E-state index < -0.39 is 0 Å². The predicted octanol–water partition coefficient (Wildman–Crippen LogP) is 3.92. The average molecular weight is 294 g/mol. The van der Waals surface area contributed by atoms with E-state index in [1.165, 1.54) is 16.5 Å². The fourth-order valence-electron chi connectivity index (χ4n) is 3.02. The van der Waals surface area contributed by atoms with Crippen molar-refractivity contribution in [1.82, 2.24) is 10.3 Å². The molecular weight excluding hydrogens is 272 g/mol. The molecule has 0 saturated heterocycles. The number of nitrogens with one attached hydrogen (secondary N) is 2. The number of hydrogen-bond acceptors (Lipinski definition) is 2. The van der Waals surface area contributed by atoms with Gasteiger partial charge in [0.05, 0.1) is 12.6 Å². The minimum Gasteiger partial charge on any atom is -0.495 e. The minimum absolute atomic E-state index is 0.363. The lowest BCUT2D eigenvalue weighted by atomic mass is 9.88. The Morgan fingerprint density at radius 2 is 1.91 bits per heavy atom. The Hall–Kier alpha value is -2.26. The Morgan fingerprint density at radius 3 is 2.64 bits per heavy atom. The van der Waals surface area contributed by atoms with E-state index in [-0.39, 0.29) is 0 Å². The van der Waals surface area contributed by atoms with Gasteiger partial charge in [0, 0.05) is 17.5 Å². The first kappa shape index (κ1) is 14.7. The number of hydrogen-bond donors (Lipinski definition) is 2. The van der Waals surface area contributed by atoms with Gasteiger partial charge < -0.3 is 15.0 Å². The van der Waals surface area contributed by atoms with Crippen LogP contribution in [0.3, 0.4) is 0 Å². The van der Waals surface area contributed by atoms with Crippen LogP contribution in [0.15, 0.2) is 54.7 Å². The lowest BCUT2D eigenvalue weighted by Gasteiger charge is -2.19. The second-order valence-corrected chi connectivity index (χ2v) is 5.52. The largest absolute Gasteiger partial charge is 0.495 e. The average Bonchev–Trinajstić information content (AvgIpc) is 3.04. The molecule has 3 rings (SSSR count). The van der Waals surface area contributed by atoms with Gasteiger partial charge in [-0.15, -0.1) is 0 Å². The number of aromatic amines is 1. The molecule has 0 amide bonds. The third-order valence-corrected chi connectivity index (χ3v) is 4.15. The van der Waals surface area contributed by atoms with E-state index in [2.05, 4.69) is 58.8 Å². The van der Waals surface area contributed by atoms with Gasteiger partial charge in [0.25, 0.3) is 0 Å². The molecule has 0 radical (unpaired) electrons. The summed E-state index contributed by atoms with van der Waals surface area (Å²) in [6.07, 6.45) is 3.02. The maximum Gasteiger partial charge on any atom is 0.143 e. The topological polar surface area (TPSA) is 37.0 Å². The van der Waals surface area contributed by atoms with Crippen LogP contribution in [-0.2, 0) is 0 Å². The van der Waals surface area contributed by atoms with Crippen LogP contribution < -0.4 is 10.1 Å². The summed E-state index contributed by atoms with van der Waals surface area (Å²) in [5, 5.41) is 4.46. The molecule has 1 aromatic heterocycles.